The molecule has 0 aliphatic carbocycles. The molecule has 0 spiro atoms. The average molecular weight is 547 g/mol. The quantitative estimate of drug-likeness (QED) is 0.282. The van der Waals surface area contributed by atoms with E-state index in [2.05, 4.69) is 0 Å². The van der Waals surface area contributed by atoms with Gasteiger partial charge in [0.15, 0.2) is 0 Å². The van der Waals surface area contributed by atoms with Gasteiger partial charge in [0.25, 0.3) is 8.32 Å². The summed E-state index contributed by atoms with van der Waals surface area (Å²) < 4.78 is 0. The molecule has 0 amide bonds. The fraction of sp³-hybridized carbons (Fsp3) is 0.400. The minimum atomic E-state index is -2.88. The predicted octanol–water partition coefficient (Wildman–Crippen LogP) is 3.55. The van der Waals surface area contributed by atoms with Gasteiger partial charge in [0.1, 0.15) is 0 Å². The van der Waals surface area contributed by atoms with Gasteiger partial charge in [-0.1, -0.05) is 133 Å². The van der Waals surface area contributed by atoms with Crippen molar-refractivity contribution >= 4 is 23.9 Å². The van der Waals surface area contributed by atoms with Crippen LogP contribution in [0.2, 0.25) is 0 Å². The molecule has 0 aliphatic heterocycles. The van der Waals surface area contributed by atoms with E-state index in [1.807, 2.05) is 133 Å². The van der Waals surface area contributed by atoms with Crippen molar-refractivity contribution in [3.63, 3.8) is 0 Å². The smallest absolute Gasteiger partial charge is 0.285 e. The summed E-state index contributed by atoms with van der Waals surface area (Å²) in [6.07, 6.45) is 0. The third-order valence-electron chi connectivity index (χ3n) is 4.67. The molecule has 36 heavy (non-hydrogen) atoms. The van der Waals surface area contributed by atoms with E-state index < -0.39 is 8.32 Å². The molecule has 0 saturated carbocycles. The standard InChI is InChI=1S/C18H16OSi.3C4H10O.Ti/c19-20(16-10-4-1-5-11-16,17-12-6-2-7-13-17)18-14-8-3-9-15-18;3*1-4(2)3-5;/h1-15,19H;3*4-5H,3H2,1-2H3;. The number of rotatable bonds is 6. The average Bonchev–Trinajstić information content (AvgIpc) is 2.90. The summed E-state index contributed by atoms with van der Waals surface area (Å²) in [5.41, 5.74) is 0. The van der Waals surface area contributed by atoms with Gasteiger partial charge in [0.05, 0.1) is 0 Å². The van der Waals surface area contributed by atoms with Crippen molar-refractivity contribution in [3.8, 4) is 0 Å². The minimum absolute atomic E-state index is 0. The Morgan fingerprint density at radius 1 is 0.472 bits per heavy atom. The van der Waals surface area contributed by atoms with Crippen LogP contribution in [0.1, 0.15) is 41.5 Å². The van der Waals surface area contributed by atoms with Crippen LogP contribution >= 0.6 is 0 Å². The topological polar surface area (TPSA) is 80.9 Å². The maximum atomic E-state index is 11.6. The normalized spacial score (nSPS) is 10.2. The summed E-state index contributed by atoms with van der Waals surface area (Å²) in [4.78, 5) is 11.6. The Hall–Kier alpha value is -1.57. The Morgan fingerprint density at radius 3 is 0.778 bits per heavy atom. The van der Waals surface area contributed by atoms with Crippen molar-refractivity contribution < 1.29 is 41.8 Å². The van der Waals surface area contributed by atoms with Crippen molar-refractivity contribution in [3.05, 3.63) is 91.0 Å². The number of aliphatic hydroxyl groups is 3. The number of benzene rings is 3. The molecule has 4 nitrogen and oxygen atoms in total. The van der Waals surface area contributed by atoms with E-state index in [1.54, 1.807) is 0 Å². The van der Waals surface area contributed by atoms with Crippen molar-refractivity contribution in [1.82, 2.24) is 0 Å². The molecule has 0 unspecified atom stereocenters. The van der Waals surface area contributed by atoms with Gasteiger partial charge in [-0.15, -0.1) is 0 Å². The summed E-state index contributed by atoms with van der Waals surface area (Å²) in [6.45, 7) is 12.7. The van der Waals surface area contributed by atoms with Crippen LogP contribution in [0.4, 0.5) is 0 Å². The Bertz CT molecular complexity index is 744. The molecule has 0 aliphatic rings. The second kappa shape index (κ2) is 21.5. The van der Waals surface area contributed by atoms with E-state index in [9.17, 15) is 4.80 Å². The molecule has 198 valence electrons. The van der Waals surface area contributed by atoms with Crippen molar-refractivity contribution in [1.29, 1.82) is 0 Å². The monoisotopic (exact) mass is 546 g/mol. The van der Waals surface area contributed by atoms with Gasteiger partial charge in [-0.2, -0.15) is 0 Å². The predicted molar refractivity (Wildman–Crippen MR) is 152 cm³/mol. The van der Waals surface area contributed by atoms with Crippen LogP contribution in [0.5, 0.6) is 0 Å². The van der Waals surface area contributed by atoms with E-state index >= 15 is 0 Å². The molecule has 0 atom stereocenters. The minimum Gasteiger partial charge on any atom is -0.421 e. The fourth-order valence-electron chi connectivity index (χ4n) is 2.54. The van der Waals surface area contributed by atoms with Crippen LogP contribution in [0.25, 0.3) is 0 Å². The molecular weight excluding hydrogens is 500 g/mol. The molecule has 0 heterocycles. The van der Waals surface area contributed by atoms with E-state index in [1.165, 1.54) is 0 Å². The van der Waals surface area contributed by atoms with Crippen LogP contribution in [0.3, 0.4) is 0 Å². The fourth-order valence-corrected chi connectivity index (χ4v) is 5.56. The maximum absolute atomic E-state index is 11.6. The van der Waals surface area contributed by atoms with Gasteiger partial charge in [-0.05, 0) is 33.3 Å². The van der Waals surface area contributed by atoms with Crippen LogP contribution < -0.4 is 15.6 Å². The Morgan fingerprint density at radius 2 is 0.639 bits per heavy atom. The second-order valence-electron chi connectivity index (χ2n) is 9.54. The molecule has 0 bridgehead atoms. The first-order valence-corrected chi connectivity index (χ1v) is 14.3. The maximum Gasteiger partial charge on any atom is 0.285 e. The van der Waals surface area contributed by atoms with Crippen molar-refractivity contribution in [2.24, 2.45) is 17.8 Å². The Balaban J connectivity index is 0. The molecule has 0 radical (unpaired) electrons. The zero-order chi connectivity index (χ0) is 26.7. The molecule has 3 rings (SSSR count). The molecular formula is C30H46O4SiTi. The first kappa shape index (κ1) is 36.6. The van der Waals surface area contributed by atoms with Gasteiger partial charge in [0, 0.05) is 41.5 Å². The number of hydrogen-bond donors (Lipinski definition) is 4. The van der Waals surface area contributed by atoms with E-state index in [-0.39, 0.29) is 21.7 Å². The summed E-state index contributed by atoms with van der Waals surface area (Å²) in [7, 11) is -2.88. The number of aliphatic hydroxyl groups excluding tert-OH is 3. The van der Waals surface area contributed by atoms with Crippen molar-refractivity contribution in [2.75, 3.05) is 19.8 Å². The van der Waals surface area contributed by atoms with Crippen LogP contribution in [0, 0.1) is 17.8 Å². The largest absolute Gasteiger partial charge is 0.421 e. The molecule has 0 fully saturated rings. The van der Waals surface area contributed by atoms with Gasteiger partial charge < -0.3 is 20.1 Å². The van der Waals surface area contributed by atoms with Crippen molar-refractivity contribution in [2.45, 2.75) is 41.5 Å². The van der Waals surface area contributed by atoms with E-state index in [4.69, 9.17) is 15.3 Å². The summed E-state index contributed by atoms with van der Waals surface area (Å²) in [6, 6.07) is 30.0. The third kappa shape index (κ3) is 14.9. The van der Waals surface area contributed by atoms with E-state index in [0.29, 0.717) is 37.6 Å². The van der Waals surface area contributed by atoms with Crippen LogP contribution in [-0.2, 0) is 21.7 Å². The van der Waals surface area contributed by atoms with Crippen LogP contribution in [0.15, 0.2) is 91.0 Å². The Kier molecular flexibility index (Phi) is 21.9. The molecule has 3 aromatic carbocycles. The van der Waals surface area contributed by atoms with E-state index in [0.717, 1.165) is 15.6 Å². The molecule has 0 aromatic heterocycles. The third-order valence-corrected chi connectivity index (χ3v) is 8.18. The molecule has 3 aromatic rings. The first-order chi connectivity index (χ1) is 16.6. The van der Waals surface area contributed by atoms with Crippen LogP contribution in [-0.4, -0.2) is 48.3 Å². The molecule has 4 N–H and O–H groups in total. The zero-order valence-electron chi connectivity index (χ0n) is 22.8. The van der Waals surface area contributed by atoms with Gasteiger partial charge >= 0.3 is 0 Å². The second-order valence-corrected chi connectivity index (χ2v) is 12.7. The molecule has 6 heteroatoms. The summed E-state index contributed by atoms with van der Waals surface area (Å²) in [5.74, 6) is 1.32. The zero-order valence-corrected chi connectivity index (χ0v) is 25.4. The SMILES string of the molecule is CC(C)CO.CC(C)CO.CC(C)CO.O[Si](c1ccccc1)(c1ccccc1)c1ccccc1.[Ti]. The molecule has 0 saturated heterocycles. The Labute approximate surface area is 235 Å². The summed E-state index contributed by atoms with van der Waals surface area (Å²) in [5, 5.41) is 27.5. The van der Waals surface area contributed by atoms with Gasteiger partial charge in [-0.25, -0.2) is 0 Å². The first-order valence-electron chi connectivity index (χ1n) is 12.3. The number of hydrogen-bond acceptors (Lipinski definition) is 4. The van der Waals surface area contributed by atoms with Gasteiger partial charge in [-0.3, -0.25) is 0 Å². The summed E-state index contributed by atoms with van der Waals surface area (Å²) >= 11 is 0. The van der Waals surface area contributed by atoms with Gasteiger partial charge in [0.2, 0.25) is 0 Å².